The Kier molecular flexibility index (Phi) is 4.49. The third-order valence-corrected chi connectivity index (χ3v) is 2.67. The fraction of sp³-hybridized carbons (Fsp3) is 0.200. The first kappa shape index (κ1) is 13.5. The lowest BCUT2D eigenvalue weighted by Crippen LogP contribution is -1.92. The van der Waals surface area contributed by atoms with Crippen molar-refractivity contribution in [3.05, 3.63) is 59.4 Å². The van der Waals surface area contributed by atoms with E-state index < -0.39 is 5.82 Å². The van der Waals surface area contributed by atoms with Gasteiger partial charge in [0.05, 0.1) is 6.61 Å². The van der Waals surface area contributed by atoms with E-state index in [-0.39, 0.29) is 13.2 Å². The van der Waals surface area contributed by atoms with Crippen LogP contribution >= 0.6 is 0 Å². The van der Waals surface area contributed by atoms with Crippen LogP contribution in [0.1, 0.15) is 11.1 Å². The SMILES string of the molecule is OCCc1ccc(Oc2cc(F)cc(CO)c2)cc1. The van der Waals surface area contributed by atoms with E-state index in [0.717, 1.165) is 5.56 Å². The molecule has 4 heteroatoms. The van der Waals surface area contributed by atoms with Gasteiger partial charge in [0.2, 0.25) is 0 Å². The second-order valence-corrected chi connectivity index (χ2v) is 4.17. The summed E-state index contributed by atoms with van der Waals surface area (Å²) in [7, 11) is 0. The summed E-state index contributed by atoms with van der Waals surface area (Å²) in [6.45, 7) is -0.131. The molecule has 0 aliphatic carbocycles. The van der Waals surface area contributed by atoms with Gasteiger partial charge in [0.1, 0.15) is 17.3 Å². The van der Waals surface area contributed by atoms with E-state index in [1.165, 1.54) is 12.1 Å². The van der Waals surface area contributed by atoms with E-state index in [0.29, 0.717) is 23.5 Å². The standard InChI is InChI=1S/C15H15FO3/c16-13-7-12(10-18)8-15(9-13)19-14-3-1-11(2-4-14)5-6-17/h1-4,7-9,17-18H,5-6,10H2. The van der Waals surface area contributed by atoms with Crippen LogP contribution in [0.15, 0.2) is 42.5 Å². The summed E-state index contributed by atoms with van der Waals surface area (Å²) in [5, 5.41) is 17.8. The predicted octanol–water partition coefficient (Wildman–Crippen LogP) is 2.65. The molecule has 2 aromatic rings. The molecule has 19 heavy (non-hydrogen) atoms. The molecule has 0 unspecified atom stereocenters. The molecule has 0 atom stereocenters. The Morgan fingerprint density at radius 3 is 2.26 bits per heavy atom. The summed E-state index contributed by atoms with van der Waals surface area (Å²) in [6.07, 6.45) is 0.592. The van der Waals surface area contributed by atoms with E-state index in [9.17, 15) is 4.39 Å². The highest BCUT2D eigenvalue weighted by molar-refractivity contribution is 5.35. The molecule has 2 N–H and O–H groups in total. The van der Waals surface area contributed by atoms with Gasteiger partial charge in [-0.2, -0.15) is 0 Å². The number of hydrogen-bond acceptors (Lipinski definition) is 3. The minimum atomic E-state index is -0.446. The fourth-order valence-corrected chi connectivity index (χ4v) is 1.76. The highest BCUT2D eigenvalue weighted by Gasteiger charge is 2.03. The molecule has 0 fully saturated rings. The third kappa shape index (κ3) is 3.77. The molecule has 0 saturated heterocycles. The Morgan fingerprint density at radius 1 is 0.895 bits per heavy atom. The number of hydrogen-bond donors (Lipinski definition) is 2. The predicted molar refractivity (Wildman–Crippen MR) is 69.6 cm³/mol. The van der Waals surface area contributed by atoms with Crippen LogP contribution in [0.2, 0.25) is 0 Å². The molecule has 0 amide bonds. The lowest BCUT2D eigenvalue weighted by Gasteiger charge is -2.08. The summed E-state index contributed by atoms with van der Waals surface area (Å²) in [5.74, 6) is 0.480. The zero-order valence-corrected chi connectivity index (χ0v) is 10.3. The maximum absolute atomic E-state index is 13.3. The van der Waals surface area contributed by atoms with Crippen molar-refractivity contribution in [1.82, 2.24) is 0 Å². The number of aliphatic hydroxyl groups is 2. The number of halogens is 1. The highest BCUT2D eigenvalue weighted by atomic mass is 19.1. The van der Waals surface area contributed by atoms with Gasteiger partial charge in [0.25, 0.3) is 0 Å². The molecule has 0 radical (unpaired) electrons. The van der Waals surface area contributed by atoms with Crippen molar-refractivity contribution in [3.63, 3.8) is 0 Å². The first-order valence-corrected chi connectivity index (χ1v) is 5.99. The van der Waals surface area contributed by atoms with Crippen LogP contribution in [0.3, 0.4) is 0 Å². The molecular weight excluding hydrogens is 247 g/mol. The molecular formula is C15H15FO3. The minimum absolute atomic E-state index is 0.101. The smallest absolute Gasteiger partial charge is 0.130 e. The van der Waals surface area contributed by atoms with Gasteiger partial charge in [-0.3, -0.25) is 0 Å². The van der Waals surface area contributed by atoms with Gasteiger partial charge in [-0.15, -0.1) is 0 Å². The van der Waals surface area contributed by atoms with Gasteiger partial charge in [0, 0.05) is 12.7 Å². The van der Waals surface area contributed by atoms with E-state index in [1.807, 2.05) is 12.1 Å². The van der Waals surface area contributed by atoms with Crippen molar-refractivity contribution < 1.29 is 19.3 Å². The van der Waals surface area contributed by atoms with E-state index in [4.69, 9.17) is 14.9 Å². The summed E-state index contributed by atoms with van der Waals surface area (Å²) in [5.41, 5.74) is 1.47. The second kappa shape index (κ2) is 6.31. The molecule has 0 saturated carbocycles. The Hall–Kier alpha value is -1.91. The minimum Gasteiger partial charge on any atom is -0.457 e. The van der Waals surface area contributed by atoms with Gasteiger partial charge in [-0.1, -0.05) is 12.1 Å². The molecule has 0 bridgehead atoms. The van der Waals surface area contributed by atoms with Crippen molar-refractivity contribution in [2.75, 3.05) is 6.61 Å². The van der Waals surface area contributed by atoms with Gasteiger partial charge < -0.3 is 14.9 Å². The zero-order valence-electron chi connectivity index (χ0n) is 10.3. The van der Waals surface area contributed by atoms with Crippen LogP contribution in [-0.2, 0) is 13.0 Å². The maximum Gasteiger partial charge on any atom is 0.130 e. The van der Waals surface area contributed by atoms with Crippen LogP contribution in [-0.4, -0.2) is 16.8 Å². The molecule has 0 aromatic heterocycles. The second-order valence-electron chi connectivity index (χ2n) is 4.17. The molecule has 100 valence electrons. The molecule has 0 spiro atoms. The number of rotatable bonds is 5. The van der Waals surface area contributed by atoms with Gasteiger partial charge in [0.15, 0.2) is 0 Å². The fourth-order valence-electron chi connectivity index (χ4n) is 1.76. The van der Waals surface area contributed by atoms with Crippen molar-refractivity contribution >= 4 is 0 Å². The Bertz CT molecular complexity index is 538. The number of benzene rings is 2. The van der Waals surface area contributed by atoms with Crippen LogP contribution < -0.4 is 4.74 Å². The normalized spacial score (nSPS) is 10.5. The van der Waals surface area contributed by atoms with Crippen LogP contribution in [0.4, 0.5) is 4.39 Å². The molecule has 2 aromatic carbocycles. The largest absolute Gasteiger partial charge is 0.457 e. The van der Waals surface area contributed by atoms with Crippen molar-refractivity contribution in [3.8, 4) is 11.5 Å². The van der Waals surface area contributed by atoms with Crippen molar-refractivity contribution in [2.45, 2.75) is 13.0 Å². The lowest BCUT2D eigenvalue weighted by molar-refractivity contribution is 0.280. The quantitative estimate of drug-likeness (QED) is 0.871. The summed E-state index contributed by atoms with van der Waals surface area (Å²) in [6, 6.07) is 11.3. The zero-order chi connectivity index (χ0) is 13.7. The van der Waals surface area contributed by atoms with E-state index in [1.54, 1.807) is 18.2 Å². The highest BCUT2D eigenvalue weighted by Crippen LogP contribution is 2.24. The molecule has 0 heterocycles. The number of ether oxygens (including phenoxy) is 1. The molecule has 3 nitrogen and oxygen atoms in total. The molecule has 0 aliphatic rings. The van der Waals surface area contributed by atoms with E-state index in [2.05, 4.69) is 0 Å². The summed E-state index contributed by atoms with van der Waals surface area (Å²) in [4.78, 5) is 0. The average molecular weight is 262 g/mol. The van der Waals surface area contributed by atoms with Crippen LogP contribution in [0.25, 0.3) is 0 Å². The van der Waals surface area contributed by atoms with E-state index >= 15 is 0 Å². The monoisotopic (exact) mass is 262 g/mol. The molecule has 0 aliphatic heterocycles. The Labute approximate surface area is 110 Å². The van der Waals surface area contributed by atoms with Crippen molar-refractivity contribution in [2.24, 2.45) is 0 Å². The van der Waals surface area contributed by atoms with Gasteiger partial charge in [-0.05, 0) is 41.8 Å². The lowest BCUT2D eigenvalue weighted by atomic mass is 10.1. The first-order chi connectivity index (χ1) is 9.21. The third-order valence-electron chi connectivity index (χ3n) is 2.67. The topological polar surface area (TPSA) is 49.7 Å². The Balaban J connectivity index is 2.14. The summed E-state index contributed by atoms with van der Waals surface area (Å²) < 4.78 is 18.8. The van der Waals surface area contributed by atoms with Crippen LogP contribution in [0, 0.1) is 5.82 Å². The first-order valence-electron chi connectivity index (χ1n) is 5.99. The summed E-state index contributed by atoms with van der Waals surface area (Å²) >= 11 is 0. The Morgan fingerprint density at radius 2 is 1.63 bits per heavy atom. The van der Waals surface area contributed by atoms with Gasteiger partial charge >= 0.3 is 0 Å². The van der Waals surface area contributed by atoms with Crippen LogP contribution in [0.5, 0.6) is 11.5 Å². The van der Waals surface area contributed by atoms with Gasteiger partial charge in [-0.25, -0.2) is 4.39 Å². The van der Waals surface area contributed by atoms with Crippen molar-refractivity contribution in [1.29, 1.82) is 0 Å². The number of aliphatic hydroxyl groups excluding tert-OH is 2. The molecule has 2 rings (SSSR count). The average Bonchev–Trinajstić information content (AvgIpc) is 2.40. The maximum atomic E-state index is 13.3.